The third kappa shape index (κ3) is 3.32. The standard InChI is InChI=1S/C14H14BrN3O/c1-8-3-10(6-11(15)4-8)14(19)18-13-5-9(2)12(16)7-17-13/h3-7H,16H2,1-2H3,(H,17,18,19). The summed E-state index contributed by atoms with van der Waals surface area (Å²) in [5, 5.41) is 2.75. The first-order valence-electron chi connectivity index (χ1n) is 5.76. The summed E-state index contributed by atoms with van der Waals surface area (Å²) in [6.07, 6.45) is 1.54. The second-order valence-corrected chi connectivity index (χ2v) is 5.31. The zero-order valence-corrected chi connectivity index (χ0v) is 12.3. The highest BCUT2D eigenvalue weighted by molar-refractivity contribution is 9.10. The van der Waals surface area contributed by atoms with Crippen molar-refractivity contribution >= 4 is 33.3 Å². The maximum Gasteiger partial charge on any atom is 0.256 e. The van der Waals surface area contributed by atoms with E-state index in [9.17, 15) is 4.79 Å². The molecule has 19 heavy (non-hydrogen) atoms. The molecule has 5 heteroatoms. The number of carbonyl (C=O) groups is 1. The predicted molar refractivity (Wildman–Crippen MR) is 80.2 cm³/mol. The number of anilines is 2. The van der Waals surface area contributed by atoms with Crippen LogP contribution < -0.4 is 11.1 Å². The Kier molecular flexibility index (Phi) is 3.85. The minimum atomic E-state index is -0.193. The maximum absolute atomic E-state index is 12.1. The number of nitrogens with one attached hydrogen (secondary N) is 1. The van der Waals surface area contributed by atoms with Crippen molar-refractivity contribution in [1.82, 2.24) is 4.98 Å². The van der Waals surface area contributed by atoms with Crippen molar-refractivity contribution in [1.29, 1.82) is 0 Å². The fourth-order valence-corrected chi connectivity index (χ4v) is 2.30. The van der Waals surface area contributed by atoms with Crippen LogP contribution in [0.25, 0.3) is 0 Å². The molecule has 1 aromatic heterocycles. The molecule has 1 amide bonds. The second-order valence-electron chi connectivity index (χ2n) is 4.40. The molecule has 3 N–H and O–H groups in total. The Balaban J connectivity index is 2.22. The first kappa shape index (κ1) is 13.5. The summed E-state index contributed by atoms with van der Waals surface area (Å²) in [5.74, 6) is 0.301. The average Bonchev–Trinajstić information content (AvgIpc) is 2.32. The van der Waals surface area contributed by atoms with Crippen LogP contribution in [0.2, 0.25) is 0 Å². The normalized spacial score (nSPS) is 10.3. The first-order valence-corrected chi connectivity index (χ1v) is 6.55. The van der Waals surface area contributed by atoms with Crippen molar-refractivity contribution in [3.63, 3.8) is 0 Å². The van der Waals surface area contributed by atoms with Gasteiger partial charge in [0.05, 0.1) is 11.9 Å². The number of aromatic nitrogens is 1. The second kappa shape index (κ2) is 5.40. The highest BCUT2D eigenvalue weighted by Gasteiger charge is 2.09. The molecule has 0 unspecified atom stereocenters. The number of nitrogen functional groups attached to an aromatic ring is 1. The average molecular weight is 320 g/mol. The van der Waals surface area contributed by atoms with E-state index in [1.165, 1.54) is 6.20 Å². The zero-order chi connectivity index (χ0) is 14.0. The van der Waals surface area contributed by atoms with Gasteiger partial charge in [-0.25, -0.2) is 4.98 Å². The molecule has 2 rings (SSSR count). The summed E-state index contributed by atoms with van der Waals surface area (Å²) in [5.41, 5.74) is 8.78. The Morgan fingerprint density at radius 3 is 2.63 bits per heavy atom. The number of benzene rings is 1. The Bertz CT molecular complexity index is 620. The lowest BCUT2D eigenvalue weighted by molar-refractivity contribution is 0.102. The highest BCUT2D eigenvalue weighted by Crippen LogP contribution is 2.17. The number of carbonyl (C=O) groups excluding carboxylic acids is 1. The number of pyridine rings is 1. The molecule has 1 heterocycles. The number of rotatable bonds is 2. The van der Waals surface area contributed by atoms with Crippen molar-refractivity contribution in [3.8, 4) is 0 Å². The molecule has 1 aromatic carbocycles. The van der Waals surface area contributed by atoms with Gasteiger partial charge in [-0.2, -0.15) is 0 Å². The number of hydrogen-bond acceptors (Lipinski definition) is 3. The van der Waals surface area contributed by atoms with Gasteiger partial charge in [0, 0.05) is 10.0 Å². The van der Waals surface area contributed by atoms with Crippen LogP contribution in [0.15, 0.2) is 34.9 Å². The van der Waals surface area contributed by atoms with Gasteiger partial charge in [0.1, 0.15) is 5.82 Å². The molecule has 0 saturated heterocycles. The minimum absolute atomic E-state index is 0.193. The van der Waals surface area contributed by atoms with Gasteiger partial charge < -0.3 is 11.1 Å². The summed E-state index contributed by atoms with van der Waals surface area (Å²) >= 11 is 3.38. The molecule has 2 aromatic rings. The Hall–Kier alpha value is -1.88. The lowest BCUT2D eigenvalue weighted by Gasteiger charge is -2.07. The van der Waals surface area contributed by atoms with Crippen LogP contribution in [0.3, 0.4) is 0 Å². The zero-order valence-electron chi connectivity index (χ0n) is 10.7. The van der Waals surface area contributed by atoms with Gasteiger partial charge in [-0.3, -0.25) is 4.79 Å². The first-order chi connectivity index (χ1) is 8.95. The molecule has 0 atom stereocenters. The SMILES string of the molecule is Cc1cc(Br)cc(C(=O)Nc2cc(C)c(N)cn2)c1. The molecule has 0 aliphatic heterocycles. The molecule has 0 saturated carbocycles. The van der Waals surface area contributed by atoms with Gasteiger partial charge in [-0.05, 0) is 49.2 Å². The lowest BCUT2D eigenvalue weighted by atomic mass is 10.1. The monoisotopic (exact) mass is 319 g/mol. The number of halogens is 1. The molecule has 0 spiro atoms. The van der Waals surface area contributed by atoms with E-state index in [1.54, 1.807) is 12.1 Å². The Morgan fingerprint density at radius 2 is 2.00 bits per heavy atom. The molecule has 0 aliphatic carbocycles. The Labute approximate surface area is 120 Å². The van der Waals surface area contributed by atoms with Crippen molar-refractivity contribution in [2.75, 3.05) is 11.1 Å². The van der Waals surface area contributed by atoms with Crippen LogP contribution in [0.1, 0.15) is 21.5 Å². The van der Waals surface area contributed by atoms with Crippen molar-refractivity contribution in [2.24, 2.45) is 0 Å². The Morgan fingerprint density at radius 1 is 1.26 bits per heavy atom. The summed E-state index contributed by atoms with van der Waals surface area (Å²) in [7, 11) is 0. The summed E-state index contributed by atoms with van der Waals surface area (Å²) in [6.45, 7) is 3.81. The summed E-state index contributed by atoms with van der Waals surface area (Å²) in [6, 6.07) is 7.29. The summed E-state index contributed by atoms with van der Waals surface area (Å²) in [4.78, 5) is 16.2. The quantitative estimate of drug-likeness (QED) is 0.892. The number of aryl methyl sites for hydroxylation is 2. The lowest BCUT2D eigenvalue weighted by Crippen LogP contribution is -2.13. The van der Waals surface area contributed by atoms with E-state index in [0.717, 1.165) is 15.6 Å². The van der Waals surface area contributed by atoms with Crippen LogP contribution in [0.5, 0.6) is 0 Å². The maximum atomic E-state index is 12.1. The van der Waals surface area contributed by atoms with Gasteiger partial charge in [0.2, 0.25) is 0 Å². The smallest absolute Gasteiger partial charge is 0.256 e. The molecule has 0 fully saturated rings. The number of amides is 1. The predicted octanol–water partition coefficient (Wildman–Crippen LogP) is 3.30. The number of hydrogen-bond donors (Lipinski definition) is 2. The van der Waals surface area contributed by atoms with E-state index in [0.29, 0.717) is 17.1 Å². The molecule has 98 valence electrons. The number of nitrogens with zero attached hydrogens (tertiary/aromatic N) is 1. The molecule has 4 nitrogen and oxygen atoms in total. The highest BCUT2D eigenvalue weighted by atomic mass is 79.9. The fraction of sp³-hybridized carbons (Fsp3) is 0.143. The summed E-state index contributed by atoms with van der Waals surface area (Å²) < 4.78 is 0.874. The van der Waals surface area contributed by atoms with Crippen molar-refractivity contribution in [2.45, 2.75) is 13.8 Å². The molecular weight excluding hydrogens is 306 g/mol. The van der Waals surface area contributed by atoms with E-state index < -0.39 is 0 Å². The largest absolute Gasteiger partial charge is 0.397 e. The van der Waals surface area contributed by atoms with Crippen molar-refractivity contribution < 1.29 is 4.79 Å². The van der Waals surface area contributed by atoms with E-state index in [2.05, 4.69) is 26.2 Å². The third-order valence-corrected chi connectivity index (χ3v) is 3.16. The van der Waals surface area contributed by atoms with Crippen LogP contribution in [0.4, 0.5) is 11.5 Å². The van der Waals surface area contributed by atoms with Gasteiger partial charge in [-0.1, -0.05) is 15.9 Å². The third-order valence-electron chi connectivity index (χ3n) is 2.70. The van der Waals surface area contributed by atoms with E-state index in [-0.39, 0.29) is 5.91 Å². The molecular formula is C14H14BrN3O. The molecule has 0 aliphatic rings. The fourth-order valence-electron chi connectivity index (χ4n) is 1.69. The van der Waals surface area contributed by atoms with Crippen molar-refractivity contribution in [3.05, 3.63) is 51.6 Å². The molecule has 0 bridgehead atoms. The van der Waals surface area contributed by atoms with Crippen LogP contribution in [-0.4, -0.2) is 10.9 Å². The minimum Gasteiger partial charge on any atom is -0.397 e. The van der Waals surface area contributed by atoms with Gasteiger partial charge in [-0.15, -0.1) is 0 Å². The van der Waals surface area contributed by atoms with Gasteiger partial charge in [0.15, 0.2) is 0 Å². The van der Waals surface area contributed by atoms with Crippen LogP contribution in [-0.2, 0) is 0 Å². The van der Waals surface area contributed by atoms with E-state index in [1.807, 2.05) is 26.0 Å². The van der Waals surface area contributed by atoms with E-state index in [4.69, 9.17) is 5.73 Å². The number of nitrogens with two attached hydrogens (primary N) is 1. The van der Waals surface area contributed by atoms with Gasteiger partial charge >= 0.3 is 0 Å². The van der Waals surface area contributed by atoms with Gasteiger partial charge in [0.25, 0.3) is 5.91 Å². The molecule has 0 radical (unpaired) electrons. The van der Waals surface area contributed by atoms with Crippen LogP contribution >= 0.6 is 15.9 Å². The van der Waals surface area contributed by atoms with E-state index >= 15 is 0 Å². The topological polar surface area (TPSA) is 68.0 Å². The van der Waals surface area contributed by atoms with Crippen LogP contribution in [0, 0.1) is 13.8 Å².